The average molecular weight is 453 g/mol. The summed E-state index contributed by atoms with van der Waals surface area (Å²) in [5.74, 6) is 0.140. The summed E-state index contributed by atoms with van der Waals surface area (Å²) < 4.78 is 29.6. The predicted octanol–water partition coefficient (Wildman–Crippen LogP) is 4.42. The van der Waals surface area contributed by atoms with Crippen LogP contribution in [0.15, 0.2) is 29.2 Å². The molecule has 1 N–H and O–H groups in total. The maximum Gasteiger partial charge on any atom is 0.256 e. The number of nitrogens with one attached hydrogen (secondary N) is 1. The van der Waals surface area contributed by atoms with Gasteiger partial charge in [0.15, 0.2) is 0 Å². The van der Waals surface area contributed by atoms with Crippen LogP contribution in [0, 0.1) is 6.92 Å². The predicted molar refractivity (Wildman–Crippen MR) is 119 cm³/mol. The summed E-state index contributed by atoms with van der Waals surface area (Å²) in [4.78, 5) is 12.9. The van der Waals surface area contributed by atoms with E-state index < -0.39 is 15.9 Å². The van der Waals surface area contributed by atoms with Gasteiger partial charge in [0.05, 0.1) is 16.3 Å². The second-order valence-electron chi connectivity index (χ2n) is 8.67. The Kier molecular flexibility index (Phi) is 6.60. The molecule has 0 unspecified atom stereocenters. The van der Waals surface area contributed by atoms with Crippen molar-refractivity contribution in [3.8, 4) is 0 Å². The molecule has 0 saturated carbocycles. The molecule has 1 aromatic carbocycles. The van der Waals surface area contributed by atoms with E-state index in [2.05, 4.69) is 10.4 Å². The quantitative estimate of drug-likeness (QED) is 0.744. The van der Waals surface area contributed by atoms with Gasteiger partial charge in [-0.05, 0) is 58.7 Å². The van der Waals surface area contributed by atoms with E-state index in [4.69, 9.17) is 11.6 Å². The number of halogens is 1. The van der Waals surface area contributed by atoms with Gasteiger partial charge in [-0.3, -0.25) is 4.79 Å². The highest BCUT2D eigenvalue weighted by atomic mass is 35.5. The molecule has 7 nitrogen and oxygen atoms in total. The Hall–Kier alpha value is -1.90. The fourth-order valence-corrected chi connectivity index (χ4v) is 5.57. The number of aryl methyl sites for hydroxylation is 1. The number of hydrogen-bond acceptors (Lipinski definition) is 4. The summed E-state index contributed by atoms with van der Waals surface area (Å²) in [5.41, 5.74) is 0.686. The van der Waals surface area contributed by atoms with Crippen molar-refractivity contribution in [3.63, 3.8) is 0 Å². The van der Waals surface area contributed by atoms with Crippen LogP contribution in [0.4, 0.5) is 5.82 Å². The summed E-state index contributed by atoms with van der Waals surface area (Å²) in [6.45, 7) is 8.76. The maximum absolute atomic E-state index is 13.2. The van der Waals surface area contributed by atoms with Crippen molar-refractivity contribution < 1.29 is 13.2 Å². The van der Waals surface area contributed by atoms with Crippen LogP contribution in [0.1, 0.15) is 62.5 Å². The van der Waals surface area contributed by atoms with Crippen molar-refractivity contribution in [2.45, 2.75) is 63.8 Å². The van der Waals surface area contributed by atoms with Crippen LogP contribution >= 0.6 is 11.6 Å². The summed E-state index contributed by atoms with van der Waals surface area (Å²) >= 11 is 6.24. The molecule has 0 bridgehead atoms. The zero-order valence-corrected chi connectivity index (χ0v) is 19.5. The number of benzene rings is 1. The minimum atomic E-state index is -3.77. The van der Waals surface area contributed by atoms with Crippen LogP contribution < -0.4 is 5.32 Å². The van der Waals surface area contributed by atoms with Crippen LogP contribution in [0.2, 0.25) is 5.02 Å². The molecule has 1 fully saturated rings. The molecule has 3 rings (SSSR count). The first-order valence-electron chi connectivity index (χ1n) is 10.2. The zero-order valence-electron chi connectivity index (χ0n) is 17.9. The van der Waals surface area contributed by atoms with Crippen molar-refractivity contribution in [1.29, 1.82) is 0 Å². The van der Waals surface area contributed by atoms with Crippen molar-refractivity contribution >= 4 is 33.3 Å². The minimum absolute atomic E-state index is 0.0285. The van der Waals surface area contributed by atoms with Crippen molar-refractivity contribution in [1.82, 2.24) is 14.1 Å². The molecule has 1 saturated heterocycles. The van der Waals surface area contributed by atoms with Crippen LogP contribution in [0.3, 0.4) is 0 Å². The van der Waals surface area contributed by atoms with Gasteiger partial charge in [-0.2, -0.15) is 9.40 Å². The molecule has 2 heterocycles. The maximum atomic E-state index is 13.2. The number of sulfonamides is 1. The molecular weight excluding hydrogens is 424 g/mol. The number of rotatable bonds is 4. The largest absolute Gasteiger partial charge is 0.307 e. The van der Waals surface area contributed by atoms with Crippen LogP contribution in [0.25, 0.3) is 0 Å². The lowest BCUT2D eigenvalue weighted by molar-refractivity contribution is 0.102. The molecule has 0 aliphatic carbocycles. The first kappa shape index (κ1) is 22.8. The fraction of sp³-hybridized carbons (Fsp3) is 0.524. The summed E-state index contributed by atoms with van der Waals surface area (Å²) in [6.07, 6.45) is 3.69. The molecule has 30 heavy (non-hydrogen) atoms. The van der Waals surface area contributed by atoms with E-state index in [-0.39, 0.29) is 21.0 Å². The lowest BCUT2D eigenvalue weighted by Crippen LogP contribution is -2.32. The van der Waals surface area contributed by atoms with Crippen LogP contribution in [-0.4, -0.2) is 41.5 Å². The molecule has 0 atom stereocenters. The Morgan fingerprint density at radius 2 is 1.73 bits per heavy atom. The van der Waals surface area contributed by atoms with E-state index in [1.165, 1.54) is 22.5 Å². The molecule has 2 aromatic rings. The Labute approximate surface area is 183 Å². The SMILES string of the molecule is Cc1cc(NC(=O)c2ccc(Cl)c(S(=O)(=O)N3CCCCCC3)c2)n(C(C)(C)C)n1. The van der Waals surface area contributed by atoms with Gasteiger partial charge in [-0.25, -0.2) is 13.1 Å². The lowest BCUT2D eigenvalue weighted by Gasteiger charge is -2.23. The first-order chi connectivity index (χ1) is 14.0. The minimum Gasteiger partial charge on any atom is -0.307 e. The number of amides is 1. The van der Waals surface area contributed by atoms with E-state index in [0.29, 0.717) is 18.9 Å². The van der Waals surface area contributed by atoms with Gasteiger partial charge in [-0.15, -0.1) is 0 Å². The van der Waals surface area contributed by atoms with Gasteiger partial charge >= 0.3 is 0 Å². The Morgan fingerprint density at radius 3 is 2.33 bits per heavy atom. The van der Waals surface area contributed by atoms with Gasteiger partial charge in [0.1, 0.15) is 10.7 Å². The second-order valence-corrected chi connectivity index (χ2v) is 11.0. The third kappa shape index (κ3) is 4.87. The third-order valence-corrected chi connectivity index (χ3v) is 7.46. The van der Waals surface area contributed by atoms with E-state index >= 15 is 0 Å². The van der Waals surface area contributed by atoms with Crippen LogP contribution in [-0.2, 0) is 15.6 Å². The highest BCUT2D eigenvalue weighted by Crippen LogP contribution is 2.28. The first-order valence-corrected chi connectivity index (χ1v) is 12.0. The Bertz CT molecular complexity index is 1030. The Balaban J connectivity index is 1.91. The number of hydrogen-bond donors (Lipinski definition) is 1. The van der Waals surface area contributed by atoms with E-state index in [1.54, 1.807) is 10.7 Å². The topological polar surface area (TPSA) is 84.3 Å². The fourth-order valence-electron chi connectivity index (χ4n) is 3.55. The molecule has 1 aromatic heterocycles. The molecular formula is C21H29ClN4O3S. The molecule has 1 aliphatic heterocycles. The summed E-state index contributed by atoms with van der Waals surface area (Å²) in [7, 11) is -3.77. The number of nitrogens with zero attached hydrogens (tertiary/aromatic N) is 3. The summed E-state index contributed by atoms with van der Waals surface area (Å²) in [5, 5.41) is 7.42. The number of carbonyl (C=O) groups excluding carboxylic acids is 1. The van der Waals surface area contributed by atoms with Crippen LogP contribution in [0.5, 0.6) is 0 Å². The van der Waals surface area contributed by atoms with Gasteiger partial charge in [-0.1, -0.05) is 24.4 Å². The third-order valence-electron chi connectivity index (χ3n) is 5.08. The molecule has 1 amide bonds. The zero-order chi connectivity index (χ0) is 22.1. The van der Waals surface area contributed by atoms with Gasteiger partial charge in [0.2, 0.25) is 10.0 Å². The van der Waals surface area contributed by atoms with E-state index in [1.807, 2.05) is 27.7 Å². The number of aromatic nitrogens is 2. The molecule has 9 heteroatoms. The van der Waals surface area contributed by atoms with Crippen molar-refractivity contribution in [3.05, 3.63) is 40.5 Å². The molecule has 1 aliphatic rings. The van der Waals surface area contributed by atoms with Gasteiger partial charge < -0.3 is 5.32 Å². The highest BCUT2D eigenvalue weighted by molar-refractivity contribution is 7.89. The molecule has 164 valence electrons. The molecule has 0 spiro atoms. The normalized spacial score (nSPS) is 16.3. The summed E-state index contributed by atoms with van der Waals surface area (Å²) in [6, 6.07) is 6.15. The Morgan fingerprint density at radius 1 is 1.10 bits per heavy atom. The lowest BCUT2D eigenvalue weighted by atomic mass is 10.1. The van der Waals surface area contributed by atoms with E-state index in [9.17, 15) is 13.2 Å². The average Bonchev–Trinajstić information content (AvgIpc) is 2.86. The second kappa shape index (κ2) is 8.69. The standard InChI is InChI=1S/C21H29ClN4O3S/c1-15-13-19(26(24-15)21(2,3)4)23-20(27)16-9-10-17(22)18(14-16)30(28,29)25-11-7-5-6-8-12-25/h9-10,13-14H,5-8,11-12H2,1-4H3,(H,23,27). The number of carbonyl (C=O) groups is 1. The van der Waals surface area contributed by atoms with Gasteiger partial charge in [0.25, 0.3) is 5.91 Å². The smallest absolute Gasteiger partial charge is 0.256 e. The molecule has 0 radical (unpaired) electrons. The van der Waals surface area contributed by atoms with Crippen molar-refractivity contribution in [2.24, 2.45) is 0 Å². The van der Waals surface area contributed by atoms with Crippen molar-refractivity contribution in [2.75, 3.05) is 18.4 Å². The van der Waals surface area contributed by atoms with Gasteiger partial charge in [0, 0.05) is 24.7 Å². The highest BCUT2D eigenvalue weighted by Gasteiger charge is 2.28. The monoisotopic (exact) mass is 452 g/mol. The number of anilines is 1. The van der Waals surface area contributed by atoms with E-state index in [0.717, 1.165) is 31.4 Å².